The van der Waals surface area contributed by atoms with E-state index in [9.17, 15) is 4.79 Å². The summed E-state index contributed by atoms with van der Waals surface area (Å²) in [6, 6.07) is 0. The fraction of sp³-hybridized carbons (Fsp3) is 0.778. The SMILES string of the molecule is N#CSCC(=O)OCC1CCCC1. The van der Waals surface area contributed by atoms with Crippen molar-refractivity contribution in [3.63, 3.8) is 0 Å². The first-order valence-electron chi connectivity index (χ1n) is 4.49. The molecule has 1 saturated carbocycles. The van der Waals surface area contributed by atoms with Gasteiger partial charge >= 0.3 is 5.97 Å². The molecule has 0 aromatic rings. The van der Waals surface area contributed by atoms with E-state index in [1.54, 1.807) is 0 Å². The number of ether oxygens (including phenoxy) is 1. The number of carbonyl (C=O) groups excluding carboxylic acids is 1. The molecule has 0 unspecified atom stereocenters. The minimum absolute atomic E-state index is 0.156. The molecule has 1 aliphatic rings. The Balaban J connectivity index is 2.04. The molecule has 0 radical (unpaired) electrons. The molecular formula is C9H13NO2S. The number of nitrogens with zero attached hydrogens (tertiary/aromatic N) is 1. The zero-order valence-corrected chi connectivity index (χ0v) is 8.31. The molecule has 1 rings (SSSR count). The number of carbonyl (C=O) groups is 1. The second kappa shape index (κ2) is 5.87. The van der Waals surface area contributed by atoms with Gasteiger partial charge in [-0.1, -0.05) is 12.8 Å². The van der Waals surface area contributed by atoms with Gasteiger partial charge in [-0.2, -0.15) is 5.26 Å². The molecule has 3 nitrogen and oxygen atoms in total. The van der Waals surface area contributed by atoms with Crippen molar-refractivity contribution in [1.82, 2.24) is 0 Å². The smallest absolute Gasteiger partial charge is 0.316 e. The van der Waals surface area contributed by atoms with Crippen molar-refractivity contribution >= 4 is 17.7 Å². The van der Waals surface area contributed by atoms with Gasteiger partial charge < -0.3 is 4.74 Å². The van der Waals surface area contributed by atoms with Crippen LogP contribution in [0.5, 0.6) is 0 Å². The van der Waals surface area contributed by atoms with Gasteiger partial charge in [0.05, 0.1) is 6.61 Å². The Kier molecular flexibility index (Phi) is 4.69. The highest BCUT2D eigenvalue weighted by atomic mass is 32.2. The van der Waals surface area contributed by atoms with Crippen LogP contribution in [-0.2, 0) is 9.53 Å². The normalized spacial score (nSPS) is 16.8. The van der Waals surface area contributed by atoms with Crippen molar-refractivity contribution in [3.05, 3.63) is 0 Å². The van der Waals surface area contributed by atoms with Gasteiger partial charge in [-0.3, -0.25) is 4.79 Å². The molecule has 0 atom stereocenters. The van der Waals surface area contributed by atoms with Gasteiger partial charge in [0.15, 0.2) is 0 Å². The fourth-order valence-electron chi connectivity index (χ4n) is 1.52. The molecule has 0 aromatic heterocycles. The van der Waals surface area contributed by atoms with Crippen LogP contribution in [0.4, 0.5) is 0 Å². The van der Waals surface area contributed by atoms with Gasteiger partial charge in [-0.15, -0.1) is 0 Å². The van der Waals surface area contributed by atoms with Crippen LogP contribution in [-0.4, -0.2) is 18.3 Å². The Labute approximate surface area is 82.4 Å². The molecule has 0 aliphatic heterocycles. The van der Waals surface area contributed by atoms with E-state index in [-0.39, 0.29) is 11.7 Å². The van der Waals surface area contributed by atoms with Gasteiger partial charge in [0.25, 0.3) is 0 Å². The number of esters is 1. The number of thiocyanates is 1. The average Bonchev–Trinajstić information content (AvgIpc) is 2.64. The molecule has 72 valence electrons. The number of nitriles is 1. The number of thioether (sulfide) groups is 1. The summed E-state index contributed by atoms with van der Waals surface area (Å²) in [7, 11) is 0. The zero-order chi connectivity index (χ0) is 9.52. The van der Waals surface area contributed by atoms with Crippen LogP contribution in [0.3, 0.4) is 0 Å². The molecule has 0 spiro atoms. The maximum absolute atomic E-state index is 11.0. The summed E-state index contributed by atoms with van der Waals surface area (Å²) in [6.45, 7) is 0.546. The summed E-state index contributed by atoms with van der Waals surface area (Å²) >= 11 is 0.930. The Hall–Kier alpha value is -0.690. The molecule has 0 bridgehead atoms. The molecule has 0 saturated heterocycles. The van der Waals surface area contributed by atoms with E-state index in [0.29, 0.717) is 12.5 Å². The summed E-state index contributed by atoms with van der Waals surface area (Å²) in [5, 5.41) is 10.0. The first-order valence-corrected chi connectivity index (χ1v) is 5.48. The van der Waals surface area contributed by atoms with Crippen molar-refractivity contribution < 1.29 is 9.53 Å². The minimum atomic E-state index is -0.265. The van der Waals surface area contributed by atoms with Gasteiger partial charge in [0.1, 0.15) is 11.2 Å². The maximum Gasteiger partial charge on any atom is 0.316 e. The van der Waals surface area contributed by atoms with Crippen molar-refractivity contribution in [3.8, 4) is 5.40 Å². The van der Waals surface area contributed by atoms with Crippen molar-refractivity contribution in [2.24, 2.45) is 5.92 Å². The monoisotopic (exact) mass is 199 g/mol. The molecule has 0 heterocycles. The zero-order valence-electron chi connectivity index (χ0n) is 7.49. The van der Waals surface area contributed by atoms with Gasteiger partial charge in [0, 0.05) is 0 Å². The van der Waals surface area contributed by atoms with Crippen LogP contribution >= 0.6 is 11.8 Å². The van der Waals surface area contributed by atoms with Crippen LogP contribution in [0.1, 0.15) is 25.7 Å². The molecule has 13 heavy (non-hydrogen) atoms. The molecule has 4 heteroatoms. The predicted molar refractivity (Wildman–Crippen MR) is 51.0 cm³/mol. The van der Waals surface area contributed by atoms with Crippen molar-refractivity contribution in [1.29, 1.82) is 5.26 Å². The maximum atomic E-state index is 11.0. The topological polar surface area (TPSA) is 50.1 Å². The third-order valence-electron chi connectivity index (χ3n) is 2.21. The lowest BCUT2D eigenvalue weighted by Crippen LogP contribution is -2.13. The highest BCUT2D eigenvalue weighted by Crippen LogP contribution is 2.24. The quantitative estimate of drug-likeness (QED) is 0.513. The predicted octanol–water partition coefficient (Wildman–Crippen LogP) is 1.93. The Morgan fingerprint density at radius 3 is 2.85 bits per heavy atom. The van der Waals surface area contributed by atoms with Crippen molar-refractivity contribution in [2.45, 2.75) is 25.7 Å². The molecular weight excluding hydrogens is 186 g/mol. The highest BCUT2D eigenvalue weighted by Gasteiger charge is 2.16. The third-order valence-corrected chi connectivity index (χ3v) is 2.72. The largest absolute Gasteiger partial charge is 0.465 e. The van der Waals surface area contributed by atoms with Gasteiger partial charge in [-0.25, -0.2) is 0 Å². The molecule has 0 amide bonds. The second-order valence-corrected chi connectivity index (χ2v) is 3.97. The third kappa shape index (κ3) is 4.18. The minimum Gasteiger partial charge on any atom is -0.465 e. The summed E-state index contributed by atoms with van der Waals surface area (Å²) < 4.78 is 5.02. The van der Waals surface area contributed by atoms with Crippen molar-refractivity contribution in [2.75, 3.05) is 12.4 Å². The van der Waals surface area contributed by atoms with E-state index in [1.807, 2.05) is 5.40 Å². The van der Waals surface area contributed by atoms with E-state index in [0.717, 1.165) is 11.8 Å². The number of hydrogen-bond donors (Lipinski definition) is 0. The molecule has 1 fully saturated rings. The van der Waals surface area contributed by atoms with Crippen LogP contribution in [0, 0.1) is 16.6 Å². The first kappa shape index (κ1) is 10.4. The number of rotatable bonds is 4. The van der Waals surface area contributed by atoms with E-state index >= 15 is 0 Å². The molecule has 1 aliphatic carbocycles. The van der Waals surface area contributed by atoms with E-state index in [4.69, 9.17) is 10.00 Å². The van der Waals surface area contributed by atoms with Gasteiger partial charge in [-0.05, 0) is 30.5 Å². The lowest BCUT2D eigenvalue weighted by atomic mass is 10.1. The number of hydrogen-bond acceptors (Lipinski definition) is 4. The van der Waals surface area contributed by atoms with Crippen LogP contribution in [0.15, 0.2) is 0 Å². The Morgan fingerprint density at radius 1 is 1.54 bits per heavy atom. The van der Waals surface area contributed by atoms with E-state index < -0.39 is 0 Å². The standard InChI is InChI=1S/C9H13NO2S/c10-7-13-6-9(11)12-5-8-3-1-2-4-8/h8H,1-6H2. The summed E-state index contributed by atoms with van der Waals surface area (Å²) in [5.41, 5.74) is 0. The summed E-state index contributed by atoms with van der Waals surface area (Å²) in [4.78, 5) is 11.0. The fourth-order valence-corrected chi connectivity index (χ4v) is 1.79. The van der Waals surface area contributed by atoms with Crippen LogP contribution < -0.4 is 0 Å². The Bertz CT molecular complexity index is 206. The lowest BCUT2D eigenvalue weighted by molar-refractivity contribution is -0.141. The molecule has 0 aromatic carbocycles. The highest BCUT2D eigenvalue weighted by molar-refractivity contribution is 8.04. The summed E-state index contributed by atoms with van der Waals surface area (Å²) in [5.74, 6) is 0.456. The first-order chi connectivity index (χ1) is 6.33. The lowest BCUT2D eigenvalue weighted by Gasteiger charge is -2.08. The average molecular weight is 199 g/mol. The van der Waals surface area contributed by atoms with Crippen LogP contribution in [0.25, 0.3) is 0 Å². The molecule has 0 N–H and O–H groups in total. The van der Waals surface area contributed by atoms with E-state index in [2.05, 4.69) is 0 Å². The second-order valence-electron chi connectivity index (χ2n) is 3.21. The summed E-state index contributed by atoms with van der Waals surface area (Å²) in [6.07, 6.45) is 4.88. The van der Waals surface area contributed by atoms with Crippen LogP contribution in [0.2, 0.25) is 0 Å². The van der Waals surface area contributed by atoms with Gasteiger partial charge in [0.2, 0.25) is 0 Å². The van der Waals surface area contributed by atoms with E-state index in [1.165, 1.54) is 25.7 Å². The Morgan fingerprint density at radius 2 is 2.23 bits per heavy atom.